The third-order valence-electron chi connectivity index (χ3n) is 6.53. The van der Waals surface area contributed by atoms with Crippen molar-refractivity contribution in [2.45, 2.75) is 70.7 Å². The smallest absolute Gasteiger partial charge is 0.250 e. The first-order valence-corrected chi connectivity index (χ1v) is 12.0. The van der Waals surface area contributed by atoms with Gasteiger partial charge in [-0.3, -0.25) is 9.59 Å². The molecule has 2 aromatic carbocycles. The molecule has 1 aliphatic heterocycles. The van der Waals surface area contributed by atoms with E-state index in [1.54, 1.807) is 12.0 Å². The van der Waals surface area contributed by atoms with Gasteiger partial charge in [-0.2, -0.15) is 0 Å². The zero-order chi connectivity index (χ0) is 23.4. The van der Waals surface area contributed by atoms with Gasteiger partial charge in [0.25, 0.3) is 5.91 Å². The van der Waals surface area contributed by atoms with Crippen LogP contribution in [0.2, 0.25) is 0 Å². The molecule has 0 radical (unpaired) electrons. The van der Waals surface area contributed by atoms with Gasteiger partial charge < -0.3 is 19.3 Å². The van der Waals surface area contributed by atoms with Crippen molar-refractivity contribution in [1.29, 1.82) is 0 Å². The van der Waals surface area contributed by atoms with Crippen LogP contribution in [0.4, 0.5) is 0 Å². The molecule has 6 heteroatoms. The van der Waals surface area contributed by atoms with Crippen molar-refractivity contribution in [3.05, 3.63) is 59.7 Å². The first-order valence-electron chi connectivity index (χ1n) is 12.0. The Morgan fingerprint density at radius 3 is 2.36 bits per heavy atom. The Balaban J connectivity index is 1.71. The summed E-state index contributed by atoms with van der Waals surface area (Å²) in [5, 5.41) is 0. The Hall–Kier alpha value is -3.02. The maximum absolute atomic E-state index is 13.9. The van der Waals surface area contributed by atoms with Crippen LogP contribution in [0.3, 0.4) is 0 Å². The summed E-state index contributed by atoms with van der Waals surface area (Å²) in [6, 6.07) is 14.9. The normalized spacial score (nSPS) is 19.8. The van der Waals surface area contributed by atoms with E-state index in [2.05, 4.69) is 0 Å². The Morgan fingerprint density at radius 1 is 0.970 bits per heavy atom. The van der Waals surface area contributed by atoms with Gasteiger partial charge in [0.05, 0.1) is 13.2 Å². The van der Waals surface area contributed by atoms with Gasteiger partial charge >= 0.3 is 0 Å². The van der Waals surface area contributed by atoms with Gasteiger partial charge in [-0.1, -0.05) is 55.7 Å². The van der Waals surface area contributed by atoms with Crippen LogP contribution in [0.1, 0.15) is 63.1 Å². The third kappa shape index (κ3) is 5.15. The van der Waals surface area contributed by atoms with Gasteiger partial charge in [0.2, 0.25) is 5.91 Å². The number of nitrogens with zero attached hydrogens (tertiary/aromatic N) is 2. The fraction of sp³-hybridized carbons (Fsp3) is 0.481. The van der Waals surface area contributed by atoms with Gasteiger partial charge in [-0.05, 0) is 49.9 Å². The number of amides is 2. The highest BCUT2D eigenvalue weighted by atomic mass is 16.5. The minimum atomic E-state index is -0.685. The average molecular weight is 451 g/mol. The molecule has 2 aliphatic rings. The Kier molecular flexibility index (Phi) is 7.21. The van der Waals surface area contributed by atoms with E-state index in [-0.39, 0.29) is 30.5 Å². The monoisotopic (exact) mass is 450 g/mol. The summed E-state index contributed by atoms with van der Waals surface area (Å²) in [5.74, 6) is 1.17. The molecule has 1 aliphatic carbocycles. The molecule has 1 saturated carbocycles. The van der Waals surface area contributed by atoms with Crippen LogP contribution in [-0.4, -0.2) is 47.4 Å². The van der Waals surface area contributed by atoms with Crippen molar-refractivity contribution in [3.63, 3.8) is 0 Å². The first-order chi connectivity index (χ1) is 16.0. The topological polar surface area (TPSA) is 59.1 Å². The summed E-state index contributed by atoms with van der Waals surface area (Å²) in [4.78, 5) is 30.9. The maximum Gasteiger partial charge on any atom is 0.250 e. The number of carbonyl (C=O) groups is 2. The second-order valence-corrected chi connectivity index (χ2v) is 9.24. The number of piperazine rings is 1. The molecule has 1 atom stereocenters. The summed E-state index contributed by atoms with van der Waals surface area (Å²) >= 11 is 0. The summed E-state index contributed by atoms with van der Waals surface area (Å²) in [6.07, 6.45) is 5.35. The van der Waals surface area contributed by atoms with Crippen LogP contribution in [-0.2, 0) is 16.1 Å². The van der Waals surface area contributed by atoms with E-state index in [1.807, 2.05) is 67.3 Å². The van der Waals surface area contributed by atoms with E-state index in [0.717, 1.165) is 36.8 Å². The van der Waals surface area contributed by atoms with E-state index < -0.39 is 6.04 Å². The molecule has 2 fully saturated rings. The number of benzene rings is 2. The van der Waals surface area contributed by atoms with Gasteiger partial charge in [0.15, 0.2) is 11.5 Å². The van der Waals surface area contributed by atoms with Crippen molar-refractivity contribution in [3.8, 4) is 11.5 Å². The van der Waals surface area contributed by atoms with E-state index in [0.29, 0.717) is 18.0 Å². The highest BCUT2D eigenvalue weighted by Crippen LogP contribution is 2.37. The van der Waals surface area contributed by atoms with E-state index >= 15 is 0 Å². The molecule has 33 heavy (non-hydrogen) atoms. The zero-order valence-electron chi connectivity index (χ0n) is 19.8. The fourth-order valence-corrected chi connectivity index (χ4v) is 4.94. The summed E-state index contributed by atoms with van der Waals surface area (Å²) in [5.41, 5.74) is 1.75. The SMILES string of the molecule is COc1cc(C2C(=O)N(C3CCCCC3)CC(=O)N2Cc2ccccc2)ccc1OC(C)C. The molecule has 1 heterocycles. The van der Waals surface area contributed by atoms with Gasteiger partial charge in [-0.15, -0.1) is 0 Å². The number of methoxy groups -OCH3 is 1. The number of rotatable bonds is 7. The predicted molar refractivity (Wildman–Crippen MR) is 127 cm³/mol. The number of ether oxygens (including phenoxy) is 2. The van der Waals surface area contributed by atoms with Crippen LogP contribution in [0, 0.1) is 0 Å². The molecular formula is C27H34N2O4. The minimum Gasteiger partial charge on any atom is -0.493 e. The van der Waals surface area contributed by atoms with Crippen molar-refractivity contribution in [1.82, 2.24) is 9.80 Å². The standard InChI is InChI=1S/C27H34N2O4/c1-19(2)33-23-15-14-21(16-24(23)32-3)26-27(31)28(22-12-8-5-9-13-22)18-25(30)29(26)17-20-10-6-4-7-11-20/h4,6-7,10-11,14-16,19,22,26H,5,8-9,12-13,17-18H2,1-3H3. The van der Waals surface area contributed by atoms with Crippen LogP contribution < -0.4 is 9.47 Å². The van der Waals surface area contributed by atoms with Crippen LogP contribution >= 0.6 is 0 Å². The molecule has 2 amide bonds. The Bertz CT molecular complexity index is 969. The molecule has 6 nitrogen and oxygen atoms in total. The van der Waals surface area contributed by atoms with Crippen LogP contribution in [0.5, 0.6) is 11.5 Å². The van der Waals surface area contributed by atoms with E-state index in [9.17, 15) is 9.59 Å². The first kappa shape index (κ1) is 23.1. The summed E-state index contributed by atoms with van der Waals surface area (Å²) in [6.45, 7) is 4.46. The highest BCUT2D eigenvalue weighted by molar-refractivity contribution is 5.96. The van der Waals surface area contributed by atoms with Crippen LogP contribution in [0.25, 0.3) is 0 Å². The Morgan fingerprint density at radius 2 is 1.70 bits per heavy atom. The van der Waals surface area contributed by atoms with Gasteiger partial charge in [-0.25, -0.2) is 0 Å². The quantitative estimate of drug-likeness (QED) is 0.612. The second-order valence-electron chi connectivity index (χ2n) is 9.24. The fourth-order valence-electron chi connectivity index (χ4n) is 4.94. The molecule has 1 saturated heterocycles. The van der Waals surface area contributed by atoms with Gasteiger partial charge in [0, 0.05) is 12.6 Å². The van der Waals surface area contributed by atoms with Crippen molar-refractivity contribution in [2.75, 3.05) is 13.7 Å². The molecule has 0 N–H and O–H groups in total. The zero-order valence-corrected chi connectivity index (χ0v) is 19.8. The van der Waals surface area contributed by atoms with Crippen molar-refractivity contribution >= 4 is 11.8 Å². The highest BCUT2D eigenvalue weighted by Gasteiger charge is 2.43. The minimum absolute atomic E-state index is 0.000914. The molecule has 0 bridgehead atoms. The average Bonchev–Trinajstić information content (AvgIpc) is 2.83. The lowest BCUT2D eigenvalue weighted by molar-refractivity contribution is -0.160. The summed E-state index contributed by atoms with van der Waals surface area (Å²) in [7, 11) is 1.59. The maximum atomic E-state index is 13.9. The molecular weight excluding hydrogens is 416 g/mol. The number of carbonyl (C=O) groups excluding carboxylic acids is 2. The van der Waals surface area contributed by atoms with Crippen LogP contribution in [0.15, 0.2) is 48.5 Å². The molecule has 0 spiro atoms. The lowest BCUT2D eigenvalue weighted by Gasteiger charge is -2.44. The van der Waals surface area contributed by atoms with Crippen molar-refractivity contribution in [2.24, 2.45) is 0 Å². The van der Waals surface area contributed by atoms with E-state index in [1.165, 1.54) is 6.42 Å². The van der Waals surface area contributed by atoms with Gasteiger partial charge in [0.1, 0.15) is 12.6 Å². The number of hydrogen-bond acceptors (Lipinski definition) is 4. The molecule has 1 unspecified atom stereocenters. The predicted octanol–water partition coefficient (Wildman–Crippen LogP) is 4.73. The lowest BCUT2D eigenvalue weighted by atomic mass is 9.91. The van der Waals surface area contributed by atoms with Crippen molar-refractivity contribution < 1.29 is 19.1 Å². The molecule has 176 valence electrons. The number of hydrogen-bond donors (Lipinski definition) is 0. The van der Waals surface area contributed by atoms with E-state index in [4.69, 9.17) is 9.47 Å². The summed E-state index contributed by atoms with van der Waals surface area (Å²) < 4.78 is 11.4. The Labute approximate surface area is 196 Å². The third-order valence-corrected chi connectivity index (χ3v) is 6.53. The second kappa shape index (κ2) is 10.3. The largest absolute Gasteiger partial charge is 0.493 e. The molecule has 4 rings (SSSR count). The molecule has 0 aromatic heterocycles. The molecule has 2 aromatic rings. The lowest BCUT2D eigenvalue weighted by Crippen LogP contribution is -2.58.